The quantitative estimate of drug-likeness (QED) is 0.396. The van der Waals surface area contributed by atoms with Crippen LogP contribution >= 0.6 is 0 Å². The number of benzene rings is 1. The summed E-state index contributed by atoms with van der Waals surface area (Å²) in [7, 11) is 0. The van der Waals surface area contributed by atoms with Crippen molar-refractivity contribution in [2.75, 3.05) is 6.61 Å². The Morgan fingerprint density at radius 2 is 1.86 bits per heavy atom. The average Bonchev–Trinajstić information content (AvgIpc) is 2.52. The number of aliphatic hydroxyl groups is 4. The normalized spacial score (nSPS) is 31.9. The summed E-state index contributed by atoms with van der Waals surface area (Å²) in [5, 5.41) is 49.0. The molecule has 0 saturated carbocycles. The summed E-state index contributed by atoms with van der Waals surface area (Å²) in [5.41, 5.74) is 0.122. The maximum absolute atomic E-state index is 10.9. The summed E-state index contributed by atoms with van der Waals surface area (Å²) >= 11 is 0. The van der Waals surface area contributed by atoms with Gasteiger partial charge in [-0.25, -0.2) is 0 Å². The first-order valence-electron chi connectivity index (χ1n) is 6.60. The van der Waals surface area contributed by atoms with Crippen LogP contribution in [0, 0.1) is 10.1 Å². The summed E-state index contributed by atoms with van der Waals surface area (Å²) < 4.78 is 10.4. The van der Waals surface area contributed by atoms with Crippen LogP contribution < -0.4 is 0 Å². The Balaban J connectivity index is 2.06. The molecule has 0 unspecified atom stereocenters. The first-order valence-corrected chi connectivity index (χ1v) is 6.60. The van der Waals surface area contributed by atoms with Crippen molar-refractivity contribution in [2.24, 2.45) is 0 Å². The number of nitro benzene ring substituents is 1. The molecule has 1 heterocycles. The van der Waals surface area contributed by atoms with Crippen molar-refractivity contribution in [3.05, 3.63) is 39.9 Å². The molecule has 122 valence electrons. The predicted octanol–water partition coefficient (Wildman–Crippen LogP) is -1.09. The Morgan fingerprint density at radius 1 is 1.18 bits per heavy atom. The first kappa shape index (κ1) is 16.7. The molecule has 0 spiro atoms. The fourth-order valence-corrected chi connectivity index (χ4v) is 2.19. The molecular weight excluding hydrogens is 298 g/mol. The highest BCUT2D eigenvalue weighted by atomic mass is 16.7. The second-order valence-corrected chi connectivity index (χ2v) is 4.89. The minimum Gasteiger partial charge on any atom is -0.394 e. The van der Waals surface area contributed by atoms with E-state index >= 15 is 0 Å². The highest BCUT2D eigenvalue weighted by Gasteiger charge is 2.44. The molecule has 1 aromatic rings. The van der Waals surface area contributed by atoms with Gasteiger partial charge in [-0.1, -0.05) is 12.1 Å². The van der Waals surface area contributed by atoms with Crippen molar-refractivity contribution in [1.29, 1.82) is 0 Å². The lowest BCUT2D eigenvalue weighted by Crippen LogP contribution is -2.59. The van der Waals surface area contributed by atoms with Crippen molar-refractivity contribution < 1.29 is 34.8 Å². The predicted molar refractivity (Wildman–Crippen MR) is 71.7 cm³/mol. The van der Waals surface area contributed by atoms with E-state index in [4.69, 9.17) is 14.6 Å². The Morgan fingerprint density at radius 3 is 2.50 bits per heavy atom. The zero-order chi connectivity index (χ0) is 16.3. The Bertz CT molecular complexity index is 523. The van der Waals surface area contributed by atoms with Gasteiger partial charge in [0.05, 0.1) is 23.7 Å². The van der Waals surface area contributed by atoms with E-state index in [2.05, 4.69) is 0 Å². The molecule has 4 N–H and O–H groups in total. The van der Waals surface area contributed by atoms with Gasteiger partial charge in [0.25, 0.3) is 5.69 Å². The van der Waals surface area contributed by atoms with Gasteiger partial charge in [0.15, 0.2) is 6.29 Å². The van der Waals surface area contributed by atoms with Gasteiger partial charge in [-0.15, -0.1) is 0 Å². The van der Waals surface area contributed by atoms with E-state index in [1.165, 1.54) is 18.2 Å². The molecule has 1 fully saturated rings. The minimum atomic E-state index is -1.55. The average molecular weight is 315 g/mol. The van der Waals surface area contributed by atoms with Crippen LogP contribution in [0.4, 0.5) is 5.69 Å². The van der Waals surface area contributed by atoms with Crippen molar-refractivity contribution in [2.45, 2.75) is 37.3 Å². The zero-order valence-corrected chi connectivity index (χ0v) is 11.5. The first-order chi connectivity index (χ1) is 10.5. The molecule has 1 aliphatic heterocycles. The topological polar surface area (TPSA) is 143 Å². The third-order valence-corrected chi connectivity index (χ3v) is 3.44. The van der Waals surface area contributed by atoms with Crippen LogP contribution in [0.3, 0.4) is 0 Å². The Kier molecular flexibility index (Phi) is 5.40. The van der Waals surface area contributed by atoms with Crippen molar-refractivity contribution >= 4 is 5.69 Å². The third-order valence-electron chi connectivity index (χ3n) is 3.44. The van der Waals surface area contributed by atoms with Crippen LogP contribution in [0.5, 0.6) is 0 Å². The van der Waals surface area contributed by atoms with Crippen LogP contribution in [-0.2, 0) is 16.1 Å². The number of hydrogen-bond donors (Lipinski definition) is 4. The molecule has 9 nitrogen and oxygen atoms in total. The highest BCUT2D eigenvalue weighted by Crippen LogP contribution is 2.24. The number of hydrogen-bond acceptors (Lipinski definition) is 8. The molecule has 22 heavy (non-hydrogen) atoms. The van der Waals surface area contributed by atoms with Gasteiger partial charge in [0.2, 0.25) is 0 Å². The number of nitrogens with zero attached hydrogens (tertiary/aromatic N) is 1. The molecule has 1 aliphatic rings. The van der Waals surface area contributed by atoms with Gasteiger partial charge in [-0.05, 0) is 6.07 Å². The van der Waals surface area contributed by atoms with Crippen LogP contribution in [0.15, 0.2) is 24.3 Å². The van der Waals surface area contributed by atoms with Gasteiger partial charge >= 0.3 is 0 Å². The molecule has 9 heteroatoms. The molecule has 0 radical (unpaired) electrons. The van der Waals surface area contributed by atoms with Crippen molar-refractivity contribution in [3.63, 3.8) is 0 Å². The minimum absolute atomic E-state index is 0.146. The number of nitro groups is 1. The number of aliphatic hydroxyl groups excluding tert-OH is 4. The van der Waals surface area contributed by atoms with Crippen LogP contribution in [0.2, 0.25) is 0 Å². The molecule has 2 rings (SSSR count). The van der Waals surface area contributed by atoms with Gasteiger partial charge in [-0.2, -0.15) is 0 Å². The van der Waals surface area contributed by atoms with E-state index in [0.29, 0.717) is 0 Å². The molecule has 1 saturated heterocycles. The number of rotatable bonds is 5. The third kappa shape index (κ3) is 3.40. The molecular formula is C13H17NO8. The monoisotopic (exact) mass is 315 g/mol. The van der Waals surface area contributed by atoms with Crippen LogP contribution in [-0.4, -0.2) is 62.7 Å². The number of ether oxygens (including phenoxy) is 2. The maximum Gasteiger partial charge on any atom is 0.274 e. The molecule has 0 aromatic heterocycles. The van der Waals surface area contributed by atoms with Crippen LogP contribution in [0.1, 0.15) is 5.56 Å². The Hall–Kier alpha value is -1.62. The fourth-order valence-electron chi connectivity index (χ4n) is 2.19. The summed E-state index contributed by atoms with van der Waals surface area (Å²) in [6.45, 7) is -0.809. The lowest BCUT2D eigenvalue weighted by Gasteiger charge is -2.39. The van der Waals surface area contributed by atoms with E-state index in [-0.39, 0.29) is 17.9 Å². The smallest absolute Gasteiger partial charge is 0.274 e. The standard InChI is InChI=1S/C13H17NO8/c15-5-9-10(16)11(17)12(18)13(22-9)21-6-7-3-1-2-4-8(7)14(19)20/h1-4,9-13,15-18H,5-6H2/t9-,10-,11+,12-,13-/m1/s1. The molecule has 0 amide bonds. The molecule has 0 aliphatic carbocycles. The van der Waals surface area contributed by atoms with Gasteiger partial charge in [0.1, 0.15) is 24.4 Å². The Labute approximate surface area is 125 Å². The number of para-hydroxylation sites is 1. The zero-order valence-electron chi connectivity index (χ0n) is 11.5. The second kappa shape index (κ2) is 7.09. The summed E-state index contributed by atoms with van der Waals surface area (Å²) in [5.74, 6) is 0. The van der Waals surface area contributed by atoms with Crippen molar-refractivity contribution in [1.82, 2.24) is 0 Å². The lowest BCUT2D eigenvalue weighted by atomic mass is 9.99. The molecule has 0 bridgehead atoms. The molecule has 1 aromatic carbocycles. The largest absolute Gasteiger partial charge is 0.394 e. The van der Waals surface area contributed by atoms with Gasteiger partial charge < -0.3 is 29.9 Å². The highest BCUT2D eigenvalue weighted by molar-refractivity contribution is 5.39. The fraction of sp³-hybridized carbons (Fsp3) is 0.538. The summed E-state index contributed by atoms with van der Waals surface area (Å²) in [6.07, 6.45) is -6.99. The van der Waals surface area contributed by atoms with E-state index in [0.717, 1.165) is 0 Å². The van der Waals surface area contributed by atoms with Crippen LogP contribution in [0.25, 0.3) is 0 Å². The van der Waals surface area contributed by atoms with E-state index in [1.807, 2.05) is 0 Å². The lowest BCUT2D eigenvalue weighted by molar-refractivity contribution is -0.386. The van der Waals surface area contributed by atoms with Gasteiger partial charge in [-0.3, -0.25) is 10.1 Å². The summed E-state index contributed by atoms with van der Waals surface area (Å²) in [4.78, 5) is 10.3. The SMILES string of the molecule is O=[N+]([O-])c1ccccc1CO[C@@H]1O[C@H](CO)[C@@H](O)[C@H](O)[C@H]1O. The van der Waals surface area contributed by atoms with E-state index in [9.17, 15) is 25.4 Å². The second-order valence-electron chi connectivity index (χ2n) is 4.89. The van der Waals surface area contributed by atoms with Crippen molar-refractivity contribution in [3.8, 4) is 0 Å². The summed E-state index contributed by atoms with van der Waals surface area (Å²) in [6, 6.07) is 5.91. The molecule has 5 atom stereocenters. The maximum atomic E-state index is 10.9. The van der Waals surface area contributed by atoms with Gasteiger partial charge in [0, 0.05) is 6.07 Å². The van der Waals surface area contributed by atoms with E-state index < -0.39 is 42.2 Å². The van der Waals surface area contributed by atoms with E-state index in [1.54, 1.807) is 6.07 Å².